The Morgan fingerprint density at radius 1 is 1.47 bits per heavy atom. The van der Waals surface area contributed by atoms with E-state index in [0.717, 1.165) is 23.3 Å². The van der Waals surface area contributed by atoms with Crippen LogP contribution in [0.2, 0.25) is 0 Å². The number of carbonyl (C=O) groups is 1. The van der Waals surface area contributed by atoms with Gasteiger partial charge in [0.2, 0.25) is 5.78 Å². The molecule has 1 aliphatic rings. The Hall–Kier alpha value is -1.16. The van der Waals surface area contributed by atoms with Crippen LogP contribution in [-0.2, 0) is 17.6 Å². The van der Waals surface area contributed by atoms with Crippen molar-refractivity contribution >= 4 is 17.4 Å². The summed E-state index contributed by atoms with van der Waals surface area (Å²) in [5, 5.41) is -3.75. The van der Waals surface area contributed by atoms with Crippen molar-refractivity contribution in [2.24, 2.45) is 0 Å². The van der Waals surface area contributed by atoms with Gasteiger partial charge in [0.1, 0.15) is 5.75 Å². The van der Waals surface area contributed by atoms with Gasteiger partial charge in [-0.2, -0.15) is 8.78 Å². The van der Waals surface area contributed by atoms with E-state index in [1.54, 1.807) is 12.1 Å². The number of ether oxygens (including phenoxy) is 1. The predicted octanol–water partition coefficient (Wildman–Crippen LogP) is 2.95. The number of alkyl halides is 3. The number of benzene rings is 1. The molecule has 0 saturated carbocycles. The Morgan fingerprint density at radius 3 is 2.94 bits per heavy atom. The maximum Gasteiger partial charge on any atom is 0.380 e. The molecule has 0 spiro atoms. The summed E-state index contributed by atoms with van der Waals surface area (Å²) >= 11 is 4.64. The molecule has 0 bridgehead atoms. The molecule has 2 nitrogen and oxygen atoms in total. The van der Waals surface area contributed by atoms with Gasteiger partial charge in [-0.3, -0.25) is 4.79 Å². The molecule has 0 aliphatic carbocycles. The summed E-state index contributed by atoms with van der Waals surface area (Å²) in [6.07, 6.45) is 0.841. The molecule has 0 saturated heterocycles. The smallest absolute Gasteiger partial charge is 0.380 e. The number of fused-ring (bicyclic) bond motifs is 1. The first kappa shape index (κ1) is 12.3. The number of carbonyl (C=O) groups excluding carboxylic acids is 1. The first-order chi connectivity index (χ1) is 7.97. The van der Waals surface area contributed by atoms with Crippen molar-refractivity contribution in [3.8, 4) is 5.75 Å². The molecule has 0 N–H and O–H groups in total. The quantitative estimate of drug-likeness (QED) is 0.778. The molecule has 0 radical (unpaired) electrons. The van der Waals surface area contributed by atoms with Crippen LogP contribution in [0.1, 0.15) is 17.5 Å². The van der Waals surface area contributed by atoms with Crippen LogP contribution in [0, 0.1) is 0 Å². The van der Waals surface area contributed by atoms with E-state index in [0.29, 0.717) is 6.61 Å². The molecule has 0 atom stereocenters. The lowest BCUT2D eigenvalue weighted by Crippen LogP contribution is -2.21. The fourth-order valence-corrected chi connectivity index (χ4v) is 1.89. The zero-order valence-corrected chi connectivity index (χ0v) is 9.77. The highest BCUT2D eigenvalue weighted by Gasteiger charge is 2.34. The zero-order chi connectivity index (χ0) is 12.5. The van der Waals surface area contributed by atoms with Crippen LogP contribution in [0.3, 0.4) is 0 Å². The van der Waals surface area contributed by atoms with Crippen molar-refractivity contribution < 1.29 is 18.3 Å². The van der Waals surface area contributed by atoms with Crippen molar-refractivity contribution in [3.63, 3.8) is 0 Å². The summed E-state index contributed by atoms with van der Waals surface area (Å²) in [7, 11) is 0. The summed E-state index contributed by atoms with van der Waals surface area (Å²) in [6, 6.07) is 5.48. The van der Waals surface area contributed by atoms with Crippen LogP contribution in [0.4, 0.5) is 8.78 Å². The molecule has 0 aromatic heterocycles. The third-order valence-electron chi connectivity index (χ3n) is 2.71. The molecule has 2 rings (SSSR count). The Kier molecular flexibility index (Phi) is 3.33. The van der Waals surface area contributed by atoms with Gasteiger partial charge < -0.3 is 4.74 Å². The third-order valence-corrected chi connectivity index (χ3v) is 2.92. The molecule has 0 unspecified atom stereocenters. The Balaban J connectivity index is 1.98. The second-order valence-electron chi connectivity index (χ2n) is 3.96. The van der Waals surface area contributed by atoms with E-state index in [4.69, 9.17) is 4.74 Å². The molecular weight excluding hydrogens is 250 g/mol. The van der Waals surface area contributed by atoms with Crippen molar-refractivity contribution in [1.29, 1.82) is 0 Å². The van der Waals surface area contributed by atoms with E-state index in [2.05, 4.69) is 11.6 Å². The van der Waals surface area contributed by atoms with Gasteiger partial charge in [-0.25, -0.2) is 0 Å². The molecule has 92 valence electrons. The van der Waals surface area contributed by atoms with E-state index in [9.17, 15) is 13.6 Å². The summed E-state index contributed by atoms with van der Waals surface area (Å²) in [5.74, 6) is -0.404. The molecule has 1 aromatic carbocycles. The molecule has 1 heterocycles. The van der Waals surface area contributed by atoms with Crippen LogP contribution in [0.5, 0.6) is 5.75 Å². The van der Waals surface area contributed by atoms with Crippen molar-refractivity contribution in [2.75, 3.05) is 6.61 Å². The Labute approximate surface area is 103 Å². The average molecular weight is 261 g/mol. The molecule has 1 aliphatic heterocycles. The largest absolute Gasteiger partial charge is 0.493 e. The van der Waals surface area contributed by atoms with Crippen LogP contribution in [0.15, 0.2) is 18.2 Å². The van der Waals surface area contributed by atoms with Gasteiger partial charge in [-0.1, -0.05) is 12.1 Å². The molecule has 17 heavy (non-hydrogen) atoms. The normalized spacial score (nSPS) is 14.3. The highest BCUT2D eigenvalue weighted by Crippen LogP contribution is 2.27. The van der Waals surface area contributed by atoms with Gasteiger partial charge in [0.25, 0.3) is 0 Å². The van der Waals surface area contributed by atoms with Gasteiger partial charge in [-0.15, -0.1) is 0 Å². The maximum atomic E-state index is 12.4. The standard InChI is InChI=1S/C12H11ClF2O2/c13-12(14,15)11(16)4-2-8-1-3-10-9(7-8)5-6-17-10/h1,3,7H,2,4-6H2. The topological polar surface area (TPSA) is 26.3 Å². The minimum Gasteiger partial charge on any atom is -0.493 e. The lowest BCUT2D eigenvalue weighted by molar-refractivity contribution is -0.133. The van der Waals surface area contributed by atoms with Gasteiger partial charge in [0.05, 0.1) is 6.61 Å². The minimum absolute atomic E-state index is 0.254. The fourth-order valence-electron chi connectivity index (χ4n) is 1.80. The van der Waals surface area contributed by atoms with E-state index >= 15 is 0 Å². The zero-order valence-electron chi connectivity index (χ0n) is 9.01. The lowest BCUT2D eigenvalue weighted by Gasteiger charge is -2.07. The summed E-state index contributed by atoms with van der Waals surface area (Å²) in [6.45, 7) is 0.650. The van der Waals surface area contributed by atoms with Crippen molar-refractivity contribution in [3.05, 3.63) is 29.3 Å². The summed E-state index contributed by atoms with van der Waals surface area (Å²) < 4.78 is 30.2. The monoisotopic (exact) mass is 260 g/mol. The summed E-state index contributed by atoms with van der Waals surface area (Å²) in [4.78, 5) is 11.0. The van der Waals surface area contributed by atoms with Crippen LogP contribution in [-0.4, -0.2) is 17.8 Å². The van der Waals surface area contributed by atoms with E-state index in [1.807, 2.05) is 6.07 Å². The number of hydrogen-bond acceptors (Lipinski definition) is 2. The van der Waals surface area contributed by atoms with Crippen LogP contribution >= 0.6 is 11.6 Å². The SMILES string of the molecule is O=C(CCc1ccc2c(c1)CCO2)C(F)(F)Cl. The maximum absolute atomic E-state index is 12.4. The lowest BCUT2D eigenvalue weighted by atomic mass is 10.0. The number of ketones is 1. The molecule has 1 aromatic rings. The Bertz CT molecular complexity index is 441. The first-order valence-electron chi connectivity index (χ1n) is 5.31. The number of Topliss-reactive ketones (excluding diaryl/α,β-unsaturated/α-hetero) is 1. The van der Waals surface area contributed by atoms with Crippen LogP contribution in [0.25, 0.3) is 0 Å². The highest BCUT2D eigenvalue weighted by molar-refractivity contribution is 6.32. The average Bonchev–Trinajstić information content (AvgIpc) is 2.71. The summed E-state index contributed by atoms with van der Waals surface area (Å²) in [5.41, 5.74) is 1.91. The Morgan fingerprint density at radius 2 is 2.24 bits per heavy atom. The molecule has 0 fully saturated rings. The van der Waals surface area contributed by atoms with Gasteiger partial charge >= 0.3 is 5.38 Å². The second kappa shape index (κ2) is 4.61. The van der Waals surface area contributed by atoms with Gasteiger partial charge in [0.15, 0.2) is 0 Å². The number of aryl methyl sites for hydroxylation is 1. The van der Waals surface area contributed by atoms with Gasteiger partial charge in [0, 0.05) is 12.8 Å². The van der Waals surface area contributed by atoms with E-state index in [1.165, 1.54) is 0 Å². The number of hydrogen-bond donors (Lipinski definition) is 0. The van der Waals surface area contributed by atoms with Gasteiger partial charge in [-0.05, 0) is 35.2 Å². The fraction of sp³-hybridized carbons (Fsp3) is 0.417. The molecule has 5 heteroatoms. The highest BCUT2D eigenvalue weighted by atomic mass is 35.5. The van der Waals surface area contributed by atoms with Crippen LogP contribution < -0.4 is 4.74 Å². The first-order valence-corrected chi connectivity index (χ1v) is 5.69. The van der Waals surface area contributed by atoms with Crippen molar-refractivity contribution in [1.82, 2.24) is 0 Å². The third kappa shape index (κ3) is 2.94. The van der Waals surface area contributed by atoms with E-state index < -0.39 is 11.2 Å². The van der Waals surface area contributed by atoms with E-state index in [-0.39, 0.29) is 12.8 Å². The number of rotatable bonds is 4. The minimum atomic E-state index is -3.75. The molecular formula is C12H11ClF2O2. The second-order valence-corrected chi connectivity index (χ2v) is 4.44. The number of halogens is 3. The molecule has 0 amide bonds. The predicted molar refractivity (Wildman–Crippen MR) is 59.8 cm³/mol. The van der Waals surface area contributed by atoms with Crippen molar-refractivity contribution in [2.45, 2.75) is 24.6 Å².